The molecule has 0 bridgehead atoms. The minimum absolute atomic E-state index is 0.286. The third-order valence-electron chi connectivity index (χ3n) is 3.22. The predicted octanol–water partition coefficient (Wildman–Crippen LogP) is 3.20. The maximum absolute atomic E-state index is 7.12. The Kier molecular flexibility index (Phi) is 3.36. The van der Waals surface area contributed by atoms with Crippen molar-refractivity contribution in [3.05, 3.63) is 58.8 Å². The lowest BCUT2D eigenvalue weighted by atomic mass is 10.0. The van der Waals surface area contributed by atoms with Crippen molar-refractivity contribution in [3.8, 4) is 0 Å². The van der Waals surface area contributed by atoms with Crippen LogP contribution in [0.25, 0.3) is 4.85 Å². The molecule has 5 nitrogen and oxygen atoms in total. The molecule has 0 aliphatic carbocycles. The van der Waals surface area contributed by atoms with E-state index in [-0.39, 0.29) is 6.04 Å². The molecule has 0 saturated heterocycles. The van der Waals surface area contributed by atoms with E-state index in [4.69, 9.17) is 6.57 Å². The van der Waals surface area contributed by atoms with Crippen LogP contribution in [-0.2, 0) is 6.54 Å². The second-order valence-electron chi connectivity index (χ2n) is 5.17. The van der Waals surface area contributed by atoms with Crippen molar-refractivity contribution < 1.29 is 0 Å². The van der Waals surface area contributed by atoms with Gasteiger partial charge in [-0.05, 0) is 37.6 Å². The van der Waals surface area contributed by atoms with Crippen LogP contribution in [0.3, 0.4) is 0 Å². The van der Waals surface area contributed by atoms with Gasteiger partial charge in [0.15, 0.2) is 5.69 Å². The van der Waals surface area contributed by atoms with E-state index in [2.05, 4.69) is 39.0 Å². The first kappa shape index (κ1) is 13.3. The lowest BCUT2D eigenvalue weighted by Crippen LogP contribution is -2.16. The number of hydrogen-bond donors (Lipinski definition) is 1. The lowest BCUT2D eigenvalue weighted by molar-refractivity contribution is 0.887. The lowest BCUT2D eigenvalue weighted by Gasteiger charge is -2.14. The van der Waals surface area contributed by atoms with Crippen molar-refractivity contribution in [1.29, 1.82) is 0 Å². The zero-order valence-electron chi connectivity index (χ0n) is 12.0. The molecule has 1 aliphatic rings. The molecule has 2 aromatic heterocycles. The number of aromatic nitrogens is 2. The van der Waals surface area contributed by atoms with Crippen LogP contribution in [0.1, 0.15) is 30.7 Å². The Morgan fingerprint density at radius 3 is 2.81 bits per heavy atom. The Balaban J connectivity index is 2.08. The fraction of sp³-hybridized carbons (Fsp3) is 0.250. The van der Waals surface area contributed by atoms with Crippen LogP contribution in [0.4, 0.5) is 11.5 Å². The van der Waals surface area contributed by atoms with E-state index in [0.29, 0.717) is 12.2 Å². The topological polar surface area (TPSA) is 54.5 Å². The van der Waals surface area contributed by atoms with Gasteiger partial charge in [0.2, 0.25) is 0 Å². The molecular weight excluding hydrogens is 262 g/mol. The highest BCUT2D eigenvalue weighted by molar-refractivity contribution is 6.17. The molecule has 0 aromatic carbocycles. The number of hydrogen-bond acceptors (Lipinski definition) is 4. The molecule has 0 unspecified atom stereocenters. The van der Waals surface area contributed by atoms with Gasteiger partial charge in [0.1, 0.15) is 5.82 Å². The summed E-state index contributed by atoms with van der Waals surface area (Å²) in [6, 6.07) is 5.74. The molecule has 1 N–H and O–H groups in total. The highest BCUT2D eigenvalue weighted by atomic mass is 15.0. The molecule has 0 saturated carbocycles. The smallest absolute Gasteiger partial charge is 0.190 e. The molecule has 104 valence electrons. The second kappa shape index (κ2) is 5.33. The average molecular weight is 277 g/mol. The summed E-state index contributed by atoms with van der Waals surface area (Å²) < 4.78 is 0. The standard InChI is InChI=1S/C16H15N5/c1-10(2)21-16-14-11(4-6-19-16)9-20-15(14)13-8-12(17-3)5-7-18-13/h4-8,10H,9H2,1-2H3,(H,19,21). The van der Waals surface area contributed by atoms with Gasteiger partial charge in [0.05, 0.1) is 24.5 Å². The van der Waals surface area contributed by atoms with Gasteiger partial charge in [0, 0.05) is 24.0 Å². The first-order valence-corrected chi connectivity index (χ1v) is 6.82. The first-order chi connectivity index (χ1) is 10.2. The molecule has 1 aliphatic heterocycles. The summed E-state index contributed by atoms with van der Waals surface area (Å²) in [6.45, 7) is 11.9. The fourth-order valence-corrected chi connectivity index (χ4v) is 2.35. The summed E-state index contributed by atoms with van der Waals surface area (Å²) in [5.41, 5.74) is 4.24. The highest BCUT2D eigenvalue weighted by Gasteiger charge is 2.23. The Hall–Kier alpha value is -2.74. The van der Waals surface area contributed by atoms with E-state index < -0.39 is 0 Å². The SMILES string of the molecule is [C-]#[N+]c1ccnc(C2=NCc3ccnc(NC(C)C)c32)c1. The predicted molar refractivity (Wildman–Crippen MR) is 82.8 cm³/mol. The van der Waals surface area contributed by atoms with E-state index in [1.54, 1.807) is 24.5 Å². The van der Waals surface area contributed by atoms with Gasteiger partial charge in [-0.25, -0.2) is 9.83 Å². The Labute approximate surface area is 123 Å². The van der Waals surface area contributed by atoms with Gasteiger partial charge in [-0.3, -0.25) is 9.98 Å². The molecule has 0 fully saturated rings. The summed E-state index contributed by atoms with van der Waals surface area (Å²) >= 11 is 0. The number of nitrogens with zero attached hydrogens (tertiary/aromatic N) is 4. The molecule has 2 aromatic rings. The van der Waals surface area contributed by atoms with Crippen LogP contribution in [0, 0.1) is 6.57 Å². The molecule has 0 radical (unpaired) electrons. The third kappa shape index (κ3) is 2.48. The highest BCUT2D eigenvalue weighted by Crippen LogP contribution is 2.28. The van der Waals surface area contributed by atoms with E-state index in [1.165, 1.54) is 0 Å². The maximum Gasteiger partial charge on any atom is 0.190 e. The normalized spacial score (nSPS) is 12.8. The summed E-state index contributed by atoms with van der Waals surface area (Å²) in [4.78, 5) is 16.8. The number of aliphatic imine (C=N–C) groups is 1. The molecule has 3 rings (SSSR count). The number of rotatable bonds is 3. The minimum Gasteiger partial charge on any atom is -0.367 e. The van der Waals surface area contributed by atoms with Gasteiger partial charge >= 0.3 is 0 Å². The van der Waals surface area contributed by atoms with Crippen molar-refractivity contribution in [2.45, 2.75) is 26.4 Å². The zero-order chi connectivity index (χ0) is 14.8. The van der Waals surface area contributed by atoms with Gasteiger partial charge in [-0.2, -0.15) is 0 Å². The molecule has 0 spiro atoms. The average Bonchev–Trinajstić information content (AvgIpc) is 2.92. The molecule has 21 heavy (non-hydrogen) atoms. The van der Waals surface area contributed by atoms with Crippen LogP contribution in [0.2, 0.25) is 0 Å². The van der Waals surface area contributed by atoms with Crippen LogP contribution in [0.15, 0.2) is 35.6 Å². The van der Waals surface area contributed by atoms with Crippen molar-refractivity contribution in [3.63, 3.8) is 0 Å². The molecule has 3 heterocycles. The molecule has 5 heteroatoms. The van der Waals surface area contributed by atoms with E-state index in [1.807, 2.05) is 6.07 Å². The van der Waals surface area contributed by atoms with Gasteiger partial charge in [-0.15, -0.1) is 0 Å². The van der Waals surface area contributed by atoms with Gasteiger partial charge in [0.25, 0.3) is 0 Å². The summed E-state index contributed by atoms with van der Waals surface area (Å²) in [5.74, 6) is 0.828. The Morgan fingerprint density at radius 2 is 2.05 bits per heavy atom. The van der Waals surface area contributed by atoms with Crippen LogP contribution >= 0.6 is 0 Å². The molecular formula is C16H15N5. The Bertz CT molecular complexity index is 756. The van der Waals surface area contributed by atoms with Gasteiger partial charge in [-0.1, -0.05) is 0 Å². The first-order valence-electron chi connectivity index (χ1n) is 6.82. The zero-order valence-corrected chi connectivity index (χ0v) is 12.0. The Morgan fingerprint density at radius 1 is 1.24 bits per heavy atom. The van der Waals surface area contributed by atoms with Crippen molar-refractivity contribution in [2.24, 2.45) is 4.99 Å². The van der Waals surface area contributed by atoms with Crippen molar-refractivity contribution in [2.75, 3.05) is 5.32 Å². The van der Waals surface area contributed by atoms with Gasteiger partial charge < -0.3 is 5.32 Å². The molecule has 0 amide bonds. The number of nitrogens with one attached hydrogen (secondary N) is 1. The van der Waals surface area contributed by atoms with Crippen molar-refractivity contribution in [1.82, 2.24) is 9.97 Å². The van der Waals surface area contributed by atoms with Crippen LogP contribution in [-0.4, -0.2) is 21.7 Å². The minimum atomic E-state index is 0.286. The van der Waals surface area contributed by atoms with Crippen LogP contribution < -0.4 is 5.32 Å². The third-order valence-corrected chi connectivity index (χ3v) is 3.22. The summed E-state index contributed by atoms with van der Waals surface area (Å²) in [5, 5.41) is 3.35. The van der Waals surface area contributed by atoms with E-state index in [0.717, 1.165) is 28.4 Å². The maximum atomic E-state index is 7.12. The monoisotopic (exact) mass is 277 g/mol. The number of fused-ring (bicyclic) bond motifs is 1. The summed E-state index contributed by atoms with van der Waals surface area (Å²) in [7, 11) is 0. The number of anilines is 1. The largest absolute Gasteiger partial charge is 0.367 e. The van der Waals surface area contributed by atoms with E-state index >= 15 is 0 Å². The summed E-state index contributed by atoms with van der Waals surface area (Å²) in [6.07, 6.45) is 3.44. The molecule has 0 atom stereocenters. The van der Waals surface area contributed by atoms with Crippen LogP contribution in [0.5, 0.6) is 0 Å². The number of pyridine rings is 2. The van der Waals surface area contributed by atoms with E-state index in [9.17, 15) is 0 Å². The van der Waals surface area contributed by atoms with Crippen molar-refractivity contribution >= 4 is 17.2 Å². The fourth-order valence-electron chi connectivity index (χ4n) is 2.35. The second-order valence-corrected chi connectivity index (χ2v) is 5.17. The quantitative estimate of drug-likeness (QED) is 0.876.